The Morgan fingerprint density at radius 2 is 1.07 bits per heavy atom. The average Bonchev–Trinajstić information content (AvgIpc) is 3.93. The lowest BCUT2D eigenvalue weighted by Crippen LogP contribution is -2.35. The van der Waals surface area contributed by atoms with Gasteiger partial charge in [-0.2, -0.15) is 38.1 Å². The molecular formula is C40H46Cl2F6N4O6S2. The second-order valence-corrected chi connectivity index (χ2v) is 18.9. The molecular weight excluding hydrogens is 881 g/mol. The van der Waals surface area contributed by atoms with Gasteiger partial charge >= 0.3 is 12.4 Å². The lowest BCUT2D eigenvalue weighted by molar-refractivity contribution is -0.176. The third kappa shape index (κ3) is 14.9. The quantitative estimate of drug-likeness (QED) is 0.123. The maximum atomic E-state index is 13.0. The minimum absolute atomic E-state index is 0.0133. The van der Waals surface area contributed by atoms with E-state index in [1.54, 1.807) is 41.3 Å². The monoisotopic (exact) mass is 926 g/mol. The van der Waals surface area contributed by atoms with Gasteiger partial charge in [-0.25, -0.2) is 8.42 Å². The van der Waals surface area contributed by atoms with E-state index in [0.29, 0.717) is 53.9 Å². The van der Waals surface area contributed by atoms with Crippen molar-refractivity contribution in [3.63, 3.8) is 0 Å². The average molecular weight is 928 g/mol. The zero-order chi connectivity index (χ0) is 44.1. The van der Waals surface area contributed by atoms with Gasteiger partial charge in [0.25, 0.3) is 11.8 Å². The van der Waals surface area contributed by atoms with Gasteiger partial charge in [0.1, 0.15) is 21.3 Å². The summed E-state index contributed by atoms with van der Waals surface area (Å²) >= 11 is 14.4. The van der Waals surface area contributed by atoms with Crippen molar-refractivity contribution in [2.75, 3.05) is 49.2 Å². The van der Waals surface area contributed by atoms with Crippen molar-refractivity contribution < 1.29 is 54.9 Å². The van der Waals surface area contributed by atoms with Gasteiger partial charge in [0.05, 0.1) is 24.6 Å². The van der Waals surface area contributed by atoms with Crippen LogP contribution in [0.4, 0.5) is 26.3 Å². The molecule has 20 heteroatoms. The molecule has 2 fully saturated rings. The fourth-order valence-electron chi connectivity index (χ4n) is 6.97. The maximum absolute atomic E-state index is 13.0. The van der Waals surface area contributed by atoms with E-state index in [-0.39, 0.29) is 54.7 Å². The number of carbonyl (C=O) groups is 2. The molecule has 2 amide bonds. The number of amides is 2. The van der Waals surface area contributed by atoms with E-state index in [1.807, 2.05) is 23.9 Å². The third-order valence-electron chi connectivity index (χ3n) is 10.4. The molecule has 0 bridgehead atoms. The van der Waals surface area contributed by atoms with E-state index in [1.165, 1.54) is 4.90 Å². The first-order valence-corrected chi connectivity index (χ1v) is 22.8. The van der Waals surface area contributed by atoms with Crippen LogP contribution >= 0.6 is 35.0 Å². The summed E-state index contributed by atoms with van der Waals surface area (Å²) in [5.74, 6) is 2.29. The summed E-state index contributed by atoms with van der Waals surface area (Å²) in [5.41, 5.74) is -0.500. The van der Waals surface area contributed by atoms with Gasteiger partial charge in [0, 0.05) is 47.4 Å². The van der Waals surface area contributed by atoms with Gasteiger partial charge in [-0.1, -0.05) is 59.6 Å². The second-order valence-electron chi connectivity index (χ2n) is 14.6. The van der Waals surface area contributed by atoms with Crippen LogP contribution in [0.5, 0.6) is 0 Å². The second kappa shape index (κ2) is 22.6. The molecule has 2 N–H and O–H groups in total. The summed E-state index contributed by atoms with van der Waals surface area (Å²) in [5, 5.41) is 13.0. The summed E-state index contributed by atoms with van der Waals surface area (Å²) < 4.78 is 100. The number of hydrogen-bond acceptors (Lipinski definition) is 9. The number of aliphatic imine (C=N–C) groups is 2. The highest BCUT2D eigenvalue weighted by atomic mass is 35.5. The molecule has 4 aliphatic heterocycles. The number of carbonyl (C=O) groups excluding carboxylic acids is 2. The molecule has 4 aliphatic rings. The number of thioether (sulfide) groups is 1. The zero-order valence-electron chi connectivity index (χ0n) is 32.4. The Hall–Kier alpha value is -3.42. The Balaban J connectivity index is 0.000000255. The molecule has 0 aromatic heterocycles. The predicted octanol–water partition coefficient (Wildman–Crippen LogP) is 8.99. The molecule has 0 saturated carbocycles. The number of rotatable bonds is 12. The molecule has 330 valence electrons. The highest BCUT2D eigenvalue weighted by Crippen LogP contribution is 2.30. The largest absolute Gasteiger partial charge is 0.432 e. The van der Waals surface area contributed by atoms with Crippen molar-refractivity contribution in [1.82, 2.24) is 9.80 Å². The van der Waals surface area contributed by atoms with Crippen LogP contribution in [0.15, 0.2) is 81.8 Å². The first-order valence-electron chi connectivity index (χ1n) is 19.1. The van der Waals surface area contributed by atoms with Gasteiger partial charge < -0.3 is 9.80 Å². The fourth-order valence-corrected chi connectivity index (χ4v) is 10.2. The lowest BCUT2D eigenvalue weighted by atomic mass is 9.98. The SMILES string of the molecule is O=C(C1=CC(C(F)(F)F)=NC1)N(CCC1CCS(=O)(=O)CC1)Cc1ccccc1Cl.O=C(C1=CC(C(F)(F)F)=NC1)N(CCC1CCSCC1)Cc1ccccc1Cl.OO. The smallest absolute Gasteiger partial charge is 0.334 e. The fraction of sp³-hybridized carbons (Fsp3) is 0.500. The summed E-state index contributed by atoms with van der Waals surface area (Å²) in [6.45, 7) is 0.688. The Kier molecular flexibility index (Phi) is 18.6. The number of sulfone groups is 1. The van der Waals surface area contributed by atoms with E-state index >= 15 is 0 Å². The van der Waals surface area contributed by atoms with Crippen LogP contribution < -0.4 is 0 Å². The molecule has 4 heterocycles. The van der Waals surface area contributed by atoms with Crippen LogP contribution in [0, 0.1) is 11.8 Å². The molecule has 10 nitrogen and oxygen atoms in total. The number of alkyl halides is 6. The number of halogens is 8. The standard InChI is InChI=1S/C20H22ClF3N2O3S.C20H22ClF3N2OS.H2O2/c21-17-4-2-1-3-15(17)13-26(8-5-14-6-9-30(28,29)10-7-14)19(27)16-11-18(25-12-16)20(22,23)24;21-17-4-2-1-3-15(17)13-26(8-5-14-6-9-28-10-7-14)19(27)16-11-18(25-12-16)20(22,23)24;1-2/h1-4,11,14H,5-10,12-13H2;1-4,11,14H,5-10,12-13H2;1-2H. The minimum atomic E-state index is -4.59. The maximum Gasteiger partial charge on any atom is 0.432 e. The summed E-state index contributed by atoms with van der Waals surface area (Å²) in [6.07, 6.45) is -2.75. The van der Waals surface area contributed by atoms with Crippen LogP contribution in [0.25, 0.3) is 0 Å². The Morgan fingerprint density at radius 1 is 0.683 bits per heavy atom. The molecule has 0 unspecified atom stereocenters. The van der Waals surface area contributed by atoms with Crippen LogP contribution in [0.3, 0.4) is 0 Å². The molecule has 0 spiro atoms. The molecule has 0 aliphatic carbocycles. The molecule has 0 atom stereocenters. The van der Waals surface area contributed by atoms with Crippen LogP contribution in [0.2, 0.25) is 10.0 Å². The van der Waals surface area contributed by atoms with Crippen molar-refractivity contribution in [1.29, 1.82) is 0 Å². The van der Waals surface area contributed by atoms with Crippen molar-refractivity contribution >= 4 is 68.0 Å². The molecule has 0 radical (unpaired) electrons. The Labute approximate surface area is 359 Å². The van der Waals surface area contributed by atoms with Crippen molar-refractivity contribution in [2.45, 2.75) is 64.0 Å². The highest BCUT2D eigenvalue weighted by Gasteiger charge is 2.39. The van der Waals surface area contributed by atoms with Crippen molar-refractivity contribution in [3.05, 3.63) is 93.0 Å². The normalized spacial score (nSPS) is 18.2. The first kappa shape index (κ1) is 49.2. The van der Waals surface area contributed by atoms with Crippen LogP contribution in [-0.4, -0.2) is 114 Å². The van der Waals surface area contributed by atoms with Gasteiger partial charge in [-0.3, -0.25) is 30.1 Å². The van der Waals surface area contributed by atoms with E-state index in [4.69, 9.17) is 33.7 Å². The molecule has 2 saturated heterocycles. The van der Waals surface area contributed by atoms with Crippen LogP contribution in [0.1, 0.15) is 49.7 Å². The number of allylic oxidation sites excluding steroid dienone is 2. The first-order chi connectivity index (χ1) is 28.4. The predicted molar refractivity (Wildman–Crippen MR) is 223 cm³/mol. The lowest BCUT2D eigenvalue weighted by Gasteiger charge is -2.28. The Bertz CT molecular complexity index is 2030. The third-order valence-corrected chi connectivity index (χ3v) is 13.9. The zero-order valence-corrected chi connectivity index (χ0v) is 35.5. The highest BCUT2D eigenvalue weighted by molar-refractivity contribution is 7.99. The number of benzene rings is 2. The number of nitrogens with zero attached hydrogens (tertiary/aromatic N) is 4. The molecule has 6 rings (SSSR count). The van der Waals surface area contributed by atoms with Gasteiger partial charge in [0.15, 0.2) is 0 Å². The van der Waals surface area contributed by atoms with Gasteiger partial charge in [-0.05, 0) is 97.3 Å². The van der Waals surface area contributed by atoms with Crippen LogP contribution in [-0.2, 0) is 32.5 Å². The van der Waals surface area contributed by atoms with Gasteiger partial charge in [0.2, 0.25) is 0 Å². The molecule has 2 aromatic carbocycles. The van der Waals surface area contributed by atoms with Crippen molar-refractivity contribution in [2.24, 2.45) is 21.8 Å². The molecule has 2 aromatic rings. The molecule has 60 heavy (non-hydrogen) atoms. The Morgan fingerprint density at radius 3 is 1.43 bits per heavy atom. The van der Waals surface area contributed by atoms with Crippen molar-refractivity contribution in [3.8, 4) is 0 Å². The number of hydrogen-bond donors (Lipinski definition) is 2. The van der Waals surface area contributed by atoms with E-state index in [9.17, 15) is 44.3 Å². The summed E-state index contributed by atoms with van der Waals surface area (Å²) in [4.78, 5) is 36.0. The van der Waals surface area contributed by atoms with E-state index < -0.39 is 45.4 Å². The topological polar surface area (TPSA) is 140 Å². The van der Waals surface area contributed by atoms with E-state index in [0.717, 1.165) is 48.5 Å². The summed E-state index contributed by atoms with van der Waals surface area (Å²) in [7, 11) is -2.99. The summed E-state index contributed by atoms with van der Waals surface area (Å²) in [6, 6.07) is 14.2. The minimum Gasteiger partial charge on any atom is -0.334 e. The van der Waals surface area contributed by atoms with Gasteiger partial charge in [-0.15, -0.1) is 0 Å². The van der Waals surface area contributed by atoms with E-state index in [2.05, 4.69) is 9.98 Å².